The largest absolute Gasteiger partial charge is 0.481 e. The van der Waals surface area contributed by atoms with Crippen LogP contribution in [-0.2, 0) is 4.79 Å². The fraction of sp³-hybridized carbons (Fsp3) is 0.400. The second-order valence-electron chi connectivity index (χ2n) is 7.85. The SMILES string of the molecule is O=C(O)[C@@H]1C2CCC(CC2)[C@@H]1Nc1nc(-c2c[nH]c3ncc(F)cc23)ncc1F. The Morgan fingerprint density at radius 1 is 1.14 bits per heavy atom. The molecule has 0 saturated heterocycles. The molecule has 6 rings (SSSR count). The van der Waals surface area contributed by atoms with E-state index in [2.05, 4.69) is 25.3 Å². The summed E-state index contributed by atoms with van der Waals surface area (Å²) >= 11 is 0. The number of nitrogens with zero attached hydrogens (tertiary/aromatic N) is 3. The Morgan fingerprint density at radius 3 is 2.66 bits per heavy atom. The van der Waals surface area contributed by atoms with Crippen LogP contribution in [0.5, 0.6) is 0 Å². The van der Waals surface area contributed by atoms with Crippen molar-refractivity contribution in [1.29, 1.82) is 0 Å². The van der Waals surface area contributed by atoms with E-state index < -0.39 is 23.5 Å². The van der Waals surface area contributed by atoms with E-state index in [-0.39, 0.29) is 29.5 Å². The van der Waals surface area contributed by atoms with Crippen LogP contribution in [0.15, 0.2) is 24.7 Å². The van der Waals surface area contributed by atoms with E-state index in [1.165, 1.54) is 6.07 Å². The number of nitrogens with one attached hydrogen (secondary N) is 2. The van der Waals surface area contributed by atoms with Gasteiger partial charge >= 0.3 is 5.97 Å². The van der Waals surface area contributed by atoms with E-state index in [1.54, 1.807) is 6.20 Å². The number of aromatic nitrogens is 4. The first-order valence-corrected chi connectivity index (χ1v) is 9.66. The molecule has 0 unspecified atom stereocenters. The molecule has 2 bridgehead atoms. The van der Waals surface area contributed by atoms with Crippen molar-refractivity contribution in [3.05, 3.63) is 36.3 Å². The predicted molar refractivity (Wildman–Crippen MR) is 101 cm³/mol. The van der Waals surface area contributed by atoms with Crippen LogP contribution in [0.4, 0.5) is 14.6 Å². The van der Waals surface area contributed by atoms with Crippen molar-refractivity contribution in [3.8, 4) is 11.4 Å². The molecule has 0 aliphatic heterocycles. The zero-order chi connectivity index (χ0) is 20.1. The standard InChI is InChI=1S/C20H19F2N5O2/c21-11-5-12-13(7-24-17(12)23-6-11)18-25-8-14(22)19(27-18)26-16-10-3-1-9(2-4-10)15(16)20(28)29/h5-10,15-16H,1-4H2,(H,23,24)(H,28,29)(H,25,26,27)/t9?,10?,15-,16+/m1/s1. The fourth-order valence-electron chi connectivity index (χ4n) is 4.93. The summed E-state index contributed by atoms with van der Waals surface area (Å²) in [7, 11) is 0. The Bertz CT molecular complexity index is 1090. The fourth-order valence-corrected chi connectivity index (χ4v) is 4.93. The van der Waals surface area contributed by atoms with Crippen molar-refractivity contribution in [2.24, 2.45) is 17.8 Å². The van der Waals surface area contributed by atoms with Gasteiger partial charge < -0.3 is 15.4 Å². The lowest BCUT2D eigenvalue weighted by Crippen LogP contribution is -2.51. The molecule has 3 saturated carbocycles. The number of rotatable bonds is 4. The Labute approximate surface area is 164 Å². The van der Waals surface area contributed by atoms with E-state index in [9.17, 15) is 18.7 Å². The first-order valence-electron chi connectivity index (χ1n) is 9.66. The number of hydrogen-bond acceptors (Lipinski definition) is 5. The van der Waals surface area contributed by atoms with E-state index in [1.807, 2.05) is 0 Å². The molecular formula is C20H19F2N5O2. The van der Waals surface area contributed by atoms with Crippen LogP contribution in [0.25, 0.3) is 22.4 Å². The number of aromatic amines is 1. The van der Waals surface area contributed by atoms with Gasteiger partial charge in [0.15, 0.2) is 17.5 Å². The highest BCUT2D eigenvalue weighted by Crippen LogP contribution is 2.46. The number of carboxylic acids is 1. The summed E-state index contributed by atoms with van der Waals surface area (Å²) in [4.78, 5) is 27.1. The summed E-state index contributed by atoms with van der Waals surface area (Å²) in [5.41, 5.74) is 0.967. The van der Waals surface area contributed by atoms with Crippen LogP contribution in [0.3, 0.4) is 0 Å². The minimum Gasteiger partial charge on any atom is -0.481 e. The van der Waals surface area contributed by atoms with Gasteiger partial charge in [0.05, 0.1) is 18.3 Å². The van der Waals surface area contributed by atoms with Gasteiger partial charge in [0.2, 0.25) is 0 Å². The van der Waals surface area contributed by atoms with Crippen molar-refractivity contribution in [1.82, 2.24) is 19.9 Å². The number of fused-ring (bicyclic) bond motifs is 4. The lowest BCUT2D eigenvalue weighted by Gasteiger charge is -2.47. The minimum absolute atomic E-state index is 0.0301. The van der Waals surface area contributed by atoms with E-state index >= 15 is 0 Å². The maximum absolute atomic E-state index is 14.5. The van der Waals surface area contributed by atoms with Crippen LogP contribution in [0.2, 0.25) is 0 Å². The highest BCUT2D eigenvalue weighted by molar-refractivity contribution is 5.91. The molecular weight excluding hydrogens is 380 g/mol. The zero-order valence-corrected chi connectivity index (χ0v) is 15.4. The topological polar surface area (TPSA) is 104 Å². The molecule has 7 nitrogen and oxygen atoms in total. The summed E-state index contributed by atoms with van der Waals surface area (Å²) < 4.78 is 28.1. The average Bonchev–Trinajstić information content (AvgIpc) is 3.13. The van der Waals surface area contributed by atoms with Gasteiger partial charge in [-0.1, -0.05) is 0 Å². The minimum atomic E-state index is -0.857. The zero-order valence-electron chi connectivity index (χ0n) is 15.4. The average molecular weight is 399 g/mol. The Kier molecular flexibility index (Phi) is 4.18. The van der Waals surface area contributed by atoms with Crippen LogP contribution in [0.1, 0.15) is 25.7 Å². The second-order valence-corrected chi connectivity index (χ2v) is 7.85. The molecule has 9 heteroatoms. The number of carboxylic acid groups (broad SMARTS) is 1. The van der Waals surface area contributed by atoms with E-state index in [0.29, 0.717) is 16.6 Å². The summed E-state index contributed by atoms with van der Waals surface area (Å²) in [6.45, 7) is 0. The van der Waals surface area contributed by atoms with Gasteiger partial charge in [-0.15, -0.1) is 0 Å². The van der Waals surface area contributed by atoms with Crippen LogP contribution < -0.4 is 5.32 Å². The third-order valence-electron chi connectivity index (χ3n) is 6.29. The Hall–Kier alpha value is -3.10. The van der Waals surface area contributed by atoms with Crippen LogP contribution >= 0.6 is 0 Å². The summed E-state index contributed by atoms with van der Waals surface area (Å²) in [5.74, 6) is -2.12. The summed E-state index contributed by atoms with van der Waals surface area (Å²) in [5, 5.41) is 13.3. The molecule has 0 radical (unpaired) electrons. The lowest BCUT2D eigenvalue weighted by atomic mass is 9.61. The van der Waals surface area contributed by atoms with Crippen LogP contribution in [-0.4, -0.2) is 37.1 Å². The molecule has 0 aromatic carbocycles. The molecule has 3 heterocycles. The van der Waals surface area contributed by atoms with Crippen molar-refractivity contribution in [2.45, 2.75) is 31.7 Å². The predicted octanol–water partition coefficient (Wildman–Crippen LogP) is 3.60. The normalized spacial score (nSPS) is 26.0. The maximum atomic E-state index is 14.5. The third-order valence-corrected chi connectivity index (χ3v) is 6.29. The first kappa shape index (κ1) is 18.0. The highest BCUT2D eigenvalue weighted by Gasteiger charge is 2.47. The number of H-pyrrole nitrogens is 1. The summed E-state index contributed by atoms with van der Waals surface area (Å²) in [6.07, 6.45) is 7.39. The molecule has 150 valence electrons. The smallest absolute Gasteiger partial charge is 0.308 e. The molecule has 3 aliphatic rings. The monoisotopic (exact) mass is 399 g/mol. The van der Waals surface area contributed by atoms with E-state index in [0.717, 1.165) is 38.1 Å². The van der Waals surface area contributed by atoms with Gasteiger partial charge in [0.1, 0.15) is 11.5 Å². The van der Waals surface area contributed by atoms with Gasteiger partial charge in [-0.25, -0.2) is 23.7 Å². The highest BCUT2D eigenvalue weighted by atomic mass is 19.1. The number of halogens is 2. The molecule has 3 aliphatic carbocycles. The van der Waals surface area contributed by atoms with Gasteiger partial charge in [-0.3, -0.25) is 4.79 Å². The molecule has 3 fully saturated rings. The lowest BCUT2D eigenvalue weighted by molar-refractivity contribution is -0.148. The van der Waals surface area contributed by atoms with Crippen molar-refractivity contribution < 1.29 is 18.7 Å². The molecule has 0 amide bonds. The van der Waals surface area contributed by atoms with Gasteiger partial charge in [0.25, 0.3) is 0 Å². The Morgan fingerprint density at radius 2 is 1.90 bits per heavy atom. The second kappa shape index (κ2) is 6.75. The van der Waals surface area contributed by atoms with E-state index in [4.69, 9.17) is 0 Å². The van der Waals surface area contributed by atoms with Crippen molar-refractivity contribution in [3.63, 3.8) is 0 Å². The van der Waals surface area contributed by atoms with Crippen molar-refractivity contribution in [2.75, 3.05) is 5.32 Å². The van der Waals surface area contributed by atoms with Gasteiger partial charge in [0, 0.05) is 23.2 Å². The number of pyridine rings is 1. The molecule has 29 heavy (non-hydrogen) atoms. The number of anilines is 1. The summed E-state index contributed by atoms with van der Waals surface area (Å²) in [6, 6.07) is 0.938. The van der Waals surface area contributed by atoms with Crippen molar-refractivity contribution >= 4 is 22.8 Å². The molecule has 3 aromatic heterocycles. The quantitative estimate of drug-likeness (QED) is 0.619. The number of carbonyl (C=O) groups is 1. The number of hydrogen-bond donors (Lipinski definition) is 3. The Balaban J connectivity index is 1.51. The van der Waals surface area contributed by atoms with Gasteiger partial charge in [-0.2, -0.15) is 0 Å². The molecule has 3 N–H and O–H groups in total. The third kappa shape index (κ3) is 3.01. The van der Waals surface area contributed by atoms with Crippen LogP contribution in [0, 0.1) is 29.4 Å². The molecule has 0 spiro atoms. The maximum Gasteiger partial charge on any atom is 0.308 e. The first-order chi connectivity index (χ1) is 14.0. The number of aliphatic carboxylic acids is 1. The molecule has 3 aromatic rings. The molecule has 2 atom stereocenters. The van der Waals surface area contributed by atoms with Gasteiger partial charge in [-0.05, 0) is 43.6 Å².